The Labute approximate surface area is 168 Å². The Hall–Kier alpha value is -3.48. The normalized spacial score (nSPS) is 12.7. The minimum atomic E-state index is -0.732. The minimum absolute atomic E-state index is 0.107. The summed E-state index contributed by atoms with van der Waals surface area (Å²) in [6.45, 7) is 5.71. The highest BCUT2D eigenvalue weighted by atomic mass is 16.5. The molecule has 0 atom stereocenters. The zero-order valence-corrected chi connectivity index (χ0v) is 16.6. The standard InChI is InChI=1S/C22H22N2O5/c1-4-9-23-19(25)12-29-22(28)15-7-8-16-17(11-15)21(27)24(20(16)26)18-10-13(2)5-6-14(18)3/h5-8,10-11H,4,9,12H2,1-3H3,(H,23,25). The fourth-order valence-electron chi connectivity index (χ4n) is 3.08. The van der Waals surface area contributed by atoms with Crippen molar-refractivity contribution < 1.29 is 23.9 Å². The predicted molar refractivity (Wildman–Crippen MR) is 107 cm³/mol. The predicted octanol–water partition coefficient (Wildman–Crippen LogP) is 2.79. The van der Waals surface area contributed by atoms with Crippen LogP contribution in [0.3, 0.4) is 0 Å². The molecule has 0 bridgehead atoms. The molecule has 3 amide bonds. The van der Waals surface area contributed by atoms with Crippen molar-refractivity contribution in [2.24, 2.45) is 0 Å². The first-order valence-corrected chi connectivity index (χ1v) is 9.37. The molecule has 0 aliphatic carbocycles. The lowest BCUT2D eigenvalue weighted by atomic mass is 10.1. The summed E-state index contributed by atoms with van der Waals surface area (Å²) in [6, 6.07) is 9.73. The Morgan fingerprint density at radius 1 is 1.00 bits per heavy atom. The molecule has 0 spiro atoms. The number of hydrogen-bond donors (Lipinski definition) is 1. The molecule has 0 saturated heterocycles. The maximum atomic E-state index is 12.9. The molecule has 0 radical (unpaired) electrons. The SMILES string of the molecule is CCCNC(=O)COC(=O)c1ccc2c(c1)C(=O)N(c1cc(C)ccc1C)C2=O. The maximum absolute atomic E-state index is 12.9. The van der Waals surface area contributed by atoms with Crippen LogP contribution in [0.2, 0.25) is 0 Å². The van der Waals surface area contributed by atoms with Crippen LogP contribution in [-0.2, 0) is 9.53 Å². The summed E-state index contributed by atoms with van der Waals surface area (Å²) in [5.41, 5.74) is 2.72. The van der Waals surface area contributed by atoms with Crippen molar-refractivity contribution in [2.75, 3.05) is 18.1 Å². The summed E-state index contributed by atoms with van der Waals surface area (Å²) in [7, 11) is 0. The molecule has 1 aliphatic heterocycles. The Morgan fingerprint density at radius 3 is 2.45 bits per heavy atom. The maximum Gasteiger partial charge on any atom is 0.338 e. The number of carbonyl (C=O) groups excluding carboxylic acids is 4. The van der Waals surface area contributed by atoms with Crippen LogP contribution < -0.4 is 10.2 Å². The zero-order chi connectivity index (χ0) is 21.1. The van der Waals surface area contributed by atoms with Gasteiger partial charge < -0.3 is 10.1 Å². The monoisotopic (exact) mass is 394 g/mol. The summed E-state index contributed by atoms with van der Waals surface area (Å²) < 4.78 is 4.99. The molecule has 1 N–H and O–H groups in total. The third-order valence-corrected chi connectivity index (χ3v) is 4.63. The molecular formula is C22H22N2O5. The second-order valence-electron chi connectivity index (χ2n) is 6.92. The third-order valence-electron chi connectivity index (χ3n) is 4.63. The average Bonchev–Trinajstić information content (AvgIpc) is 2.96. The summed E-state index contributed by atoms with van der Waals surface area (Å²) in [6.07, 6.45) is 0.775. The summed E-state index contributed by atoms with van der Waals surface area (Å²) in [5.74, 6) is -2.05. The molecule has 1 aliphatic rings. The smallest absolute Gasteiger partial charge is 0.338 e. The molecule has 0 aromatic heterocycles. The number of hydrogen-bond acceptors (Lipinski definition) is 5. The number of ether oxygens (including phenoxy) is 1. The molecule has 29 heavy (non-hydrogen) atoms. The van der Waals surface area contributed by atoms with Gasteiger partial charge in [0.15, 0.2) is 6.61 Å². The van der Waals surface area contributed by atoms with Crippen LogP contribution in [0.25, 0.3) is 0 Å². The number of rotatable bonds is 6. The summed E-state index contributed by atoms with van der Waals surface area (Å²) >= 11 is 0. The van der Waals surface area contributed by atoms with E-state index in [1.807, 2.05) is 32.9 Å². The lowest BCUT2D eigenvalue weighted by Crippen LogP contribution is -2.30. The molecule has 2 aromatic rings. The van der Waals surface area contributed by atoms with E-state index in [0.29, 0.717) is 12.2 Å². The molecule has 0 unspecified atom stereocenters. The van der Waals surface area contributed by atoms with Crippen LogP contribution in [0.15, 0.2) is 36.4 Å². The Kier molecular flexibility index (Phi) is 5.77. The van der Waals surface area contributed by atoms with E-state index >= 15 is 0 Å². The van der Waals surface area contributed by atoms with Gasteiger partial charge in [-0.15, -0.1) is 0 Å². The number of carbonyl (C=O) groups is 4. The van der Waals surface area contributed by atoms with Crippen LogP contribution in [0, 0.1) is 13.8 Å². The van der Waals surface area contributed by atoms with Crippen LogP contribution in [0.4, 0.5) is 5.69 Å². The fraction of sp³-hybridized carbons (Fsp3) is 0.273. The molecular weight excluding hydrogens is 372 g/mol. The first kappa shape index (κ1) is 20.3. The van der Waals surface area contributed by atoms with Gasteiger partial charge in [0, 0.05) is 6.54 Å². The zero-order valence-electron chi connectivity index (χ0n) is 16.6. The van der Waals surface area contributed by atoms with E-state index in [-0.39, 0.29) is 16.7 Å². The highest BCUT2D eigenvalue weighted by Gasteiger charge is 2.38. The van der Waals surface area contributed by atoms with Crippen LogP contribution >= 0.6 is 0 Å². The van der Waals surface area contributed by atoms with E-state index in [9.17, 15) is 19.2 Å². The molecule has 2 aromatic carbocycles. The molecule has 0 saturated carbocycles. The van der Waals surface area contributed by atoms with Gasteiger partial charge in [-0.2, -0.15) is 0 Å². The van der Waals surface area contributed by atoms with Crippen molar-refractivity contribution in [3.8, 4) is 0 Å². The van der Waals surface area contributed by atoms with Gasteiger partial charge in [-0.25, -0.2) is 9.69 Å². The number of nitrogens with zero attached hydrogens (tertiary/aromatic N) is 1. The Morgan fingerprint density at radius 2 is 1.72 bits per heavy atom. The summed E-state index contributed by atoms with van der Waals surface area (Å²) in [5, 5.41) is 2.61. The van der Waals surface area contributed by atoms with Crippen molar-refractivity contribution in [1.82, 2.24) is 5.32 Å². The molecule has 1 heterocycles. The first-order chi connectivity index (χ1) is 13.8. The number of imide groups is 1. The summed E-state index contributed by atoms with van der Waals surface area (Å²) in [4.78, 5) is 50.7. The second-order valence-corrected chi connectivity index (χ2v) is 6.92. The molecule has 3 rings (SSSR count). The fourth-order valence-corrected chi connectivity index (χ4v) is 3.08. The van der Waals surface area contributed by atoms with E-state index in [1.54, 1.807) is 6.07 Å². The van der Waals surface area contributed by atoms with E-state index in [1.165, 1.54) is 18.2 Å². The van der Waals surface area contributed by atoms with Crippen LogP contribution in [0.5, 0.6) is 0 Å². The number of nitrogens with one attached hydrogen (secondary N) is 1. The van der Waals surface area contributed by atoms with Crippen molar-refractivity contribution in [3.05, 3.63) is 64.2 Å². The van der Waals surface area contributed by atoms with Crippen molar-refractivity contribution in [2.45, 2.75) is 27.2 Å². The van der Waals surface area contributed by atoms with Gasteiger partial charge in [-0.3, -0.25) is 14.4 Å². The first-order valence-electron chi connectivity index (χ1n) is 9.37. The van der Waals surface area contributed by atoms with Gasteiger partial charge in [0.25, 0.3) is 17.7 Å². The number of esters is 1. The molecule has 0 fully saturated rings. The largest absolute Gasteiger partial charge is 0.452 e. The highest BCUT2D eigenvalue weighted by Crippen LogP contribution is 2.31. The van der Waals surface area contributed by atoms with Crippen molar-refractivity contribution in [1.29, 1.82) is 0 Å². The number of benzene rings is 2. The minimum Gasteiger partial charge on any atom is -0.452 e. The van der Waals surface area contributed by atoms with Crippen LogP contribution in [0.1, 0.15) is 55.5 Å². The van der Waals surface area contributed by atoms with Gasteiger partial charge in [-0.1, -0.05) is 19.1 Å². The number of amides is 3. The Bertz CT molecular complexity index is 1010. The quantitative estimate of drug-likeness (QED) is 0.601. The number of fused-ring (bicyclic) bond motifs is 1. The van der Waals surface area contributed by atoms with Crippen molar-refractivity contribution >= 4 is 29.4 Å². The van der Waals surface area contributed by atoms with Crippen LogP contribution in [-0.4, -0.2) is 36.8 Å². The van der Waals surface area contributed by atoms with Gasteiger partial charge in [0.2, 0.25) is 0 Å². The molecule has 7 nitrogen and oxygen atoms in total. The molecule has 150 valence electrons. The van der Waals surface area contributed by atoms with Gasteiger partial charge >= 0.3 is 5.97 Å². The topological polar surface area (TPSA) is 92.8 Å². The van der Waals surface area contributed by atoms with Gasteiger partial charge in [-0.05, 0) is 55.7 Å². The Balaban J connectivity index is 1.81. The third kappa shape index (κ3) is 4.03. The van der Waals surface area contributed by atoms with E-state index in [4.69, 9.17) is 4.74 Å². The highest BCUT2D eigenvalue weighted by molar-refractivity contribution is 6.35. The second kappa shape index (κ2) is 8.26. The van der Waals surface area contributed by atoms with Gasteiger partial charge in [0.05, 0.1) is 22.4 Å². The van der Waals surface area contributed by atoms with Crippen molar-refractivity contribution in [3.63, 3.8) is 0 Å². The van der Waals surface area contributed by atoms with E-state index < -0.39 is 30.3 Å². The lowest BCUT2D eigenvalue weighted by molar-refractivity contribution is -0.124. The lowest BCUT2D eigenvalue weighted by Gasteiger charge is -2.17. The van der Waals surface area contributed by atoms with E-state index in [0.717, 1.165) is 22.4 Å². The number of anilines is 1. The van der Waals surface area contributed by atoms with E-state index in [2.05, 4.69) is 5.32 Å². The van der Waals surface area contributed by atoms with Gasteiger partial charge in [0.1, 0.15) is 0 Å². The number of aryl methyl sites for hydroxylation is 2. The molecule has 7 heteroatoms. The average molecular weight is 394 g/mol.